The molecule has 8 heteroatoms. The van der Waals surface area contributed by atoms with E-state index < -0.39 is 0 Å². The van der Waals surface area contributed by atoms with Gasteiger partial charge in [-0.05, 0) is 18.6 Å². The summed E-state index contributed by atoms with van der Waals surface area (Å²) >= 11 is 1.99. The van der Waals surface area contributed by atoms with Crippen molar-refractivity contribution in [3.63, 3.8) is 0 Å². The normalized spacial score (nSPS) is 23.1. The molecule has 1 atom stereocenters. The lowest BCUT2D eigenvalue weighted by molar-refractivity contribution is -0.124. The summed E-state index contributed by atoms with van der Waals surface area (Å²) in [5, 5.41) is 9.54. The molecular weight excluding hydrogens is 278 g/mol. The standard InChI is InChI=1S/C12H21N5O2S/c1-13-11(15-7-9-3-2-6-20-9)14-4-5-17-10(18)8-16-12(17)19/h9H,2-8H2,1H3,(H,16,19)(H2,13,14,15). The number of nitrogens with one attached hydrogen (secondary N) is 3. The number of carbonyl (C=O) groups is 2. The molecule has 112 valence electrons. The highest BCUT2D eigenvalue weighted by atomic mass is 32.2. The van der Waals surface area contributed by atoms with Crippen LogP contribution in [0.3, 0.4) is 0 Å². The monoisotopic (exact) mass is 299 g/mol. The average Bonchev–Trinajstić information content (AvgIpc) is 3.06. The van der Waals surface area contributed by atoms with Crippen molar-refractivity contribution in [3.05, 3.63) is 0 Å². The van der Waals surface area contributed by atoms with Gasteiger partial charge in [0.2, 0.25) is 5.91 Å². The van der Waals surface area contributed by atoms with Gasteiger partial charge in [-0.3, -0.25) is 14.7 Å². The second kappa shape index (κ2) is 7.37. The van der Waals surface area contributed by atoms with Crippen molar-refractivity contribution >= 4 is 29.7 Å². The Morgan fingerprint density at radius 1 is 1.50 bits per heavy atom. The third kappa shape index (κ3) is 4.03. The SMILES string of the molecule is CN=C(NCCN1C(=O)CNC1=O)NCC1CCCS1. The van der Waals surface area contributed by atoms with E-state index in [9.17, 15) is 9.59 Å². The van der Waals surface area contributed by atoms with Crippen LogP contribution in [0.5, 0.6) is 0 Å². The lowest BCUT2D eigenvalue weighted by Crippen LogP contribution is -2.44. The largest absolute Gasteiger partial charge is 0.355 e. The summed E-state index contributed by atoms with van der Waals surface area (Å²) < 4.78 is 0. The summed E-state index contributed by atoms with van der Waals surface area (Å²) in [6.45, 7) is 1.85. The number of guanidine groups is 1. The van der Waals surface area contributed by atoms with Gasteiger partial charge in [-0.25, -0.2) is 4.79 Å². The van der Waals surface area contributed by atoms with Crippen molar-refractivity contribution in [3.8, 4) is 0 Å². The van der Waals surface area contributed by atoms with Gasteiger partial charge in [0.15, 0.2) is 5.96 Å². The maximum absolute atomic E-state index is 11.4. The zero-order valence-electron chi connectivity index (χ0n) is 11.6. The molecule has 20 heavy (non-hydrogen) atoms. The van der Waals surface area contributed by atoms with Crippen molar-refractivity contribution in [2.75, 3.05) is 39.0 Å². The molecule has 2 aliphatic rings. The van der Waals surface area contributed by atoms with Gasteiger partial charge in [0.1, 0.15) is 0 Å². The Morgan fingerprint density at radius 2 is 2.35 bits per heavy atom. The zero-order valence-corrected chi connectivity index (χ0v) is 12.5. The Bertz CT molecular complexity index is 379. The zero-order chi connectivity index (χ0) is 14.4. The van der Waals surface area contributed by atoms with E-state index in [4.69, 9.17) is 0 Å². The van der Waals surface area contributed by atoms with E-state index in [0.717, 1.165) is 6.54 Å². The Hall–Kier alpha value is -1.44. The van der Waals surface area contributed by atoms with Crippen LogP contribution in [0.4, 0.5) is 4.79 Å². The second-order valence-corrected chi connectivity index (χ2v) is 6.13. The summed E-state index contributed by atoms with van der Waals surface area (Å²) in [5.41, 5.74) is 0. The van der Waals surface area contributed by atoms with Crippen LogP contribution in [0.25, 0.3) is 0 Å². The summed E-state index contributed by atoms with van der Waals surface area (Å²) in [5.74, 6) is 1.77. The van der Waals surface area contributed by atoms with Crippen LogP contribution < -0.4 is 16.0 Å². The number of nitrogens with zero attached hydrogens (tertiary/aromatic N) is 2. The number of hydrogen-bond acceptors (Lipinski definition) is 4. The summed E-state index contributed by atoms with van der Waals surface area (Å²) in [7, 11) is 1.71. The van der Waals surface area contributed by atoms with E-state index in [1.807, 2.05) is 11.8 Å². The maximum atomic E-state index is 11.4. The topological polar surface area (TPSA) is 85.8 Å². The predicted molar refractivity (Wildman–Crippen MR) is 80.0 cm³/mol. The molecule has 0 aliphatic carbocycles. The number of amides is 3. The third-order valence-corrected chi connectivity index (χ3v) is 4.71. The van der Waals surface area contributed by atoms with Gasteiger partial charge >= 0.3 is 6.03 Å². The second-order valence-electron chi connectivity index (χ2n) is 4.72. The fourth-order valence-corrected chi connectivity index (χ4v) is 3.41. The molecule has 3 N–H and O–H groups in total. The van der Waals surface area contributed by atoms with Crippen LogP contribution in [0.1, 0.15) is 12.8 Å². The number of carbonyl (C=O) groups excluding carboxylic acids is 2. The molecule has 0 bridgehead atoms. The van der Waals surface area contributed by atoms with Crippen LogP contribution in [-0.2, 0) is 4.79 Å². The molecule has 2 heterocycles. The Kier molecular flexibility index (Phi) is 5.51. The van der Waals surface area contributed by atoms with Crippen molar-refractivity contribution in [1.82, 2.24) is 20.9 Å². The Labute approximate surface area is 122 Å². The van der Waals surface area contributed by atoms with Gasteiger partial charge in [-0.2, -0.15) is 11.8 Å². The number of hydrogen-bond donors (Lipinski definition) is 3. The molecule has 0 radical (unpaired) electrons. The maximum Gasteiger partial charge on any atom is 0.324 e. The van der Waals surface area contributed by atoms with Crippen molar-refractivity contribution in [2.45, 2.75) is 18.1 Å². The molecule has 7 nitrogen and oxygen atoms in total. The number of aliphatic imine (C=N–C) groups is 1. The first-order valence-electron chi connectivity index (χ1n) is 6.85. The van der Waals surface area contributed by atoms with Gasteiger partial charge < -0.3 is 16.0 Å². The predicted octanol–water partition coefficient (Wildman–Crippen LogP) is -0.401. The fraction of sp³-hybridized carbons (Fsp3) is 0.750. The molecule has 0 aromatic carbocycles. The minimum Gasteiger partial charge on any atom is -0.355 e. The molecular formula is C12H21N5O2S. The minimum absolute atomic E-state index is 0.102. The molecule has 2 aliphatic heterocycles. The quantitative estimate of drug-likeness (QED) is 0.365. The first-order chi connectivity index (χ1) is 9.70. The fourth-order valence-electron chi connectivity index (χ4n) is 2.20. The molecule has 2 fully saturated rings. The number of imide groups is 1. The summed E-state index contributed by atoms with van der Waals surface area (Å²) in [4.78, 5) is 28.1. The van der Waals surface area contributed by atoms with E-state index in [1.54, 1.807) is 7.05 Å². The molecule has 2 saturated heterocycles. The van der Waals surface area contributed by atoms with E-state index in [2.05, 4.69) is 20.9 Å². The van der Waals surface area contributed by atoms with Crippen molar-refractivity contribution < 1.29 is 9.59 Å². The van der Waals surface area contributed by atoms with Gasteiger partial charge in [0, 0.05) is 31.9 Å². The first-order valence-corrected chi connectivity index (χ1v) is 7.90. The van der Waals surface area contributed by atoms with Gasteiger partial charge in [-0.15, -0.1) is 0 Å². The Morgan fingerprint density at radius 3 is 2.95 bits per heavy atom. The van der Waals surface area contributed by atoms with Crippen LogP contribution in [0.15, 0.2) is 4.99 Å². The number of urea groups is 1. The van der Waals surface area contributed by atoms with Gasteiger partial charge in [0.25, 0.3) is 0 Å². The summed E-state index contributed by atoms with van der Waals surface area (Å²) in [6, 6.07) is -0.317. The highest BCUT2D eigenvalue weighted by Crippen LogP contribution is 2.25. The molecule has 0 spiro atoms. The number of rotatable bonds is 5. The smallest absolute Gasteiger partial charge is 0.324 e. The Balaban J connectivity index is 1.66. The molecule has 2 rings (SSSR count). The van der Waals surface area contributed by atoms with Crippen LogP contribution >= 0.6 is 11.8 Å². The van der Waals surface area contributed by atoms with Crippen molar-refractivity contribution in [1.29, 1.82) is 0 Å². The van der Waals surface area contributed by atoms with Crippen molar-refractivity contribution in [2.24, 2.45) is 4.99 Å². The molecule has 0 saturated carbocycles. The lowest BCUT2D eigenvalue weighted by atomic mass is 10.2. The van der Waals surface area contributed by atoms with Gasteiger partial charge in [0.05, 0.1) is 6.54 Å². The third-order valence-electron chi connectivity index (χ3n) is 3.31. The summed E-state index contributed by atoms with van der Waals surface area (Å²) in [6.07, 6.45) is 2.53. The van der Waals surface area contributed by atoms with Crippen LogP contribution in [0, 0.1) is 0 Å². The highest BCUT2D eigenvalue weighted by Gasteiger charge is 2.27. The molecule has 3 amide bonds. The van der Waals surface area contributed by atoms with E-state index in [1.165, 1.54) is 23.5 Å². The van der Waals surface area contributed by atoms with E-state index >= 15 is 0 Å². The number of thioether (sulfide) groups is 1. The van der Waals surface area contributed by atoms with E-state index in [-0.39, 0.29) is 18.5 Å². The minimum atomic E-state index is -0.317. The average molecular weight is 299 g/mol. The highest BCUT2D eigenvalue weighted by molar-refractivity contribution is 8.00. The van der Waals surface area contributed by atoms with Gasteiger partial charge in [-0.1, -0.05) is 0 Å². The van der Waals surface area contributed by atoms with Crippen LogP contribution in [-0.4, -0.2) is 67.0 Å². The lowest BCUT2D eigenvalue weighted by Gasteiger charge is -2.17. The van der Waals surface area contributed by atoms with Crippen LogP contribution in [0.2, 0.25) is 0 Å². The molecule has 0 aromatic rings. The molecule has 1 unspecified atom stereocenters. The molecule has 0 aromatic heterocycles. The first kappa shape index (κ1) is 15.0. The van der Waals surface area contributed by atoms with E-state index in [0.29, 0.717) is 24.3 Å².